The van der Waals surface area contributed by atoms with Gasteiger partial charge in [-0.15, -0.1) is 0 Å². The molecular formula is C19H21FN6O3. The summed E-state index contributed by atoms with van der Waals surface area (Å²) in [5, 5.41) is 2.73. The lowest BCUT2D eigenvalue weighted by atomic mass is 9.91. The number of carbonyl (C=O) groups is 2. The summed E-state index contributed by atoms with van der Waals surface area (Å²) in [5.41, 5.74) is 6.05. The summed E-state index contributed by atoms with van der Waals surface area (Å²) in [6.45, 7) is 1.08. The Hall–Kier alpha value is -3.56. The Morgan fingerprint density at radius 2 is 2.17 bits per heavy atom. The van der Waals surface area contributed by atoms with Crippen LogP contribution in [0.25, 0.3) is 0 Å². The molecule has 0 bridgehead atoms. The molecule has 0 spiro atoms. The minimum Gasteiger partial charge on any atom is -0.489 e. The standard InChI is InChI=1S/C19H21FN6O3/c1-19(10-16(27)26(2)18(21)25-19)15-9-12(5-7-22-15)24-17(28)14-4-3-13(11-23-14)29-8-6-20/h3-5,7,9,11H,6,8,10H2,1-2H3,(H2,21,25)(H,22,24,28). The van der Waals surface area contributed by atoms with Crippen molar-refractivity contribution in [3.8, 4) is 5.75 Å². The molecule has 2 aromatic heterocycles. The second-order valence-electron chi connectivity index (χ2n) is 6.67. The first-order valence-corrected chi connectivity index (χ1v) is 8.87. The highest BCUT2D eigenvalue weighted by atomic mass is 19.1. The molecule has 152 valence electrons. The van der Waals surface area contributed by atoms with Gasteiger partial charge in [0, 0.05) is 18.9 Å². The van der Waals surface area contributed by atoms with Crippen LogP contribution < -0.4 is 15.8 Å². The van der Waals surface area contributed by atoms with Crippen molar-refractivity contribution in [2.45, 2.75) is 18.9 Å². The molecule has 0 radical (unpaired) electrons. The molecular weight excluding hydrogens is 379 g/mol. The highest BCUT2D eigenvalue weighted by molar-refractivity contribution is 6.03. The number of nitrogens with one attached hydrogen (secondary N) is 1. The molecule has 2 amide bonds. The highest BCUT2D eigenvalue weighted by Crippen LogP contribution is 2.32. The first-order valence-electron chi connectivity index (χ1n) is 8.87. The number of nitrogens with two attached hydrogens (primary N) is 1. The van der Waals surface area contributed by atoms with Gasteiger partial charge in [-0.1, -0.05) is 0 Å². The number of amides is 2. The Morgan fingerprint density at radius 1 is 1.38 bits per heavy atom. The Balaban J connectivity index is 1.76. The predicted octanol–water partition coefficient (Wildman–Crippen LogP) is 1.47. The van der Waals surface area contributed by atoms with Crippen LogP contribution in [0.15, 0.2) is 41.7 Å². The minimum atomic E-state index is -0.929. The molecule has 10 heteroatoms. The summed E-state index contributed by atoms with van der Waals surface area (Å²) in [6.07, 6.45) is 2.98. The summed E-state index contributed by atoms with van der Waals surface area (Å²) >= 11 is 0. The van der Waals surface area contributed by atoms with E-state index in [0.29, 0.717) is 17.1 Å². The first kappa shape index (κ1) is 20.2. The molecule has 1 atom stereocenters. The first-order chi connectivity index (χ1) is 13.8. The summed E-state index contributed by atoms with van der Waals surface area (Å²) in [6, 6.07) is 6.28. The SMILES string of the molecule is CN1C(=O)CC(C)(c2cc(NC(=O)c3ccc(OCCF)cn3)ccn2)N=C1N. The normalized spacial score (nSPS) is 18.9. The van der Waals surface area contributed by atoms with Crippen LogP contribution in [-0.2, 0) is 10.3 Å². The van der Waals surface area contributed by atoms with E-state index in [4.69, 9.17) is 10.5 Å². The van der Waals surface area contributed by atoms with Crippen molar-refractivity contribution >= 4 is 23.5 Å². The Labute approximate surface area is 166 Å². The number of rotatable bonds is 6. The fourth-order valence-corrected chi connectivity index (χ4v) is 2.81. The number of anilines is 1. The van der Waals surface area contributed by atoms with Crippen molar-refractivity contribution in [1.82, 2.24) is 14.9 Å². The Kier molecular flexibility index (Phi) is 5.71. The molecule has 9 nitrogen and oxygen atoms in total. The molecule has 3 N–H and O–H groups in total. The van der Waals surface area contributed by atoms with Gasteiger partial charge in [0.25, 0.3) is 5.91 Å². The molecule has 1 aliphatic rings. The van der Waals surface area contributed by atoms with Gasteiger partial charge in [0.2, 0.25) is 5.91 Å². The quantitative estimate of drug-likeness (QED) is 0.757. The molecule has 2 aromatic rings. The van der Waals surface area contributed by atoms with Gasteiger partial charge in [-0.3, -0.25) is 19.5 Å². The Morgan fingerprint density at radius 3 is 2.83 bits per heavy atom. The van der Waals surface area contributed by atoms with Crippen molar-refractivity contribution in [3.63, 3.8) is 0 Å². The van der Waals surface area contributed by atoms with Gasteiger partial charge in [0.1, 0.15) is 30.3 Å². The van der Waals surface area contributed by atoms with E-state index < -0.39 is 18.1 Å². The molecule has 1 aliphatic heterocycles. The van der Waals surface area contributed by atoms with E-state index in [1.54, 1.807) is 26.1 Å². The third-order valence-electron chi connectivity index (χ3n) is 4.46. The van der Waals surface area contributed by atoms with Crippen LogP contribution in [0.2, 0.25) is 0 Å². The van der Waals surface area contributed by atoms with Crippen LogP contribution in [0, 0.1) is 0 Å². The van der Waals surface area contributed by atoms with E-state index in [1.165, 1.54) is 29.4 Å². The number of guanidine groups is 1. The fourth-order valence-electron chi connectivity index (χ4n) is 2.81. The van der Waals surface area contributed by atoms with Crippen molar-refractivity contribution in [1.29, 1.82) is 0 Å². The molecule has 1 unspecified atom stereocenters. The molecule has 0 aliphatic carbocycles. The van der Waals surface area contributed by atoms with E-state index in [2.05, 4.69) is 20.3 Å². The molecule has 3 rings (SSSR count). The zero-order chi connectivity index (χ0) is 21.0. The number of alkyl halides is 1. The average Bonchev–Trinajstić information content (AvgIpc) is 2.71. The molecule has 0 saturated carbocycles. The van der Waals surface area contributed by atoms with Crippen molar-refractivity contribution in [3.05, 3.63) is 48.0 Å². The van der Waals surface area contributed by atoms with Crippen molar-refractivity contribution in [2.75, 3.05) is 25.6 Å². The van der Waals surface area contributed by atoms with E-state index in [-0.39, 0.29) is 30.6 Å². The van der Waals surface area contributed by atoms with Gasteiger partial charge in [-0.05, 0) is 31.2 Å². The number of nitrogens with zero attached hydrogens (tertiary/aromatic N) is 4. The maximum Gasteiger partial charge on any atom is 0.274 e. The molecule has 0 saturated heterocycles. The van der Waals surface area contributed by atoms with Crippen LogP contribution >= 0.6 is 0 Å². The summed E-state index contributed by atoms with van der Waals surface area (Å²) in [7, 11) is 1.56. The van der Waals surface area contributed by atoms with E-state index in [0.717, 1.165) is 0 Å². The van der Waals surface area contributed by atoms with Crippen LogP contribution in [0.3, 0.4) is 0 Å². The van der Waals surface area contributed by atoms with Gasteiger partial charge in [0.05, 0.1) is 18.3 Å². The van der Waals surface area contributed by atoms with Gasteiger partial charge >= 0.3 is 0 Å². The second-order valence-corrected chi connectivity index (χ2v) is 6.67. The van der Waals surface area contributed by atoms with Gasteiger partial charge in [-0.2, -0.15) is 0 Å². The lowest BCUT2D eigenvalue weighted by molar-refractivity contribution is -0.128. The number of aromatic nitrogens is 2. The molecule has 0 fully saturated rings. The van der Waals surface area contributed by atoms with Gasteiger partial charge in [-0.25, -0.2) is 14.4 Å². The summed E-state index contributed by atoms with van der Waals surface area (Å²) in [5.74, 6) is -0.123. The number of hydrogen-bond donors (Lipinski definition) is 2. The highest BCUT2D eigenvalue weighted by Gasteiger charge is 2.37. The number of aliphatic imine (C=N–C) groups is 1. The third kappa shape index (κ3) is 4.48. The lowest BCUT2D eigenvalue weighted by Crippen LogP contribution is -2.47. The van der Waals surface area contributed by atoms with Gasteiger partial charge in [0.15, 0.2) is 5.96 Å². The Bertz CT molecular complexity index is 949. The zero-order valence-corrected chi connectivity index (χ0v) is 16.1. The van der Waals surface area contributed by atoms with Gasteiger partial charge < -0.3 is 15.8 Å². The fraction of sp³-hybridized carbons (Fsp3) is 0.316. The monoisotopic (exact) mass is 400 g/mol. The third-order valence-corrected chi connectivity index (χ3v) is 4.46. The van der Waals surface area contributed by atoms with E-state index >= 15 is 0 Å². The van der Waals surface area contributed by atoms with Crippen molar-refractivity contribution < 1.29 is 18.7 Å². The number of ether oxygens (including phenoxy) is 1. The maximum atomic E-state index is 12.5. The zero-order valence-electron chi connectivity index (χ0n) is 16.1. The van der Waals surface area contributed by atoms with Crippen LogP contribution in [-0.4, -0.2) is 53.0 Å². The molecule has 0 aromatic carbocycles. The number of halogens is 1. The predicted molar refractivity (Wildman–Crippen MR) is 104 cm³/mol. The van der Waals surface area contributed by atoms with Crippen LogP contribution in [0.1, 0.15) is 29.5 Å². The van der Waals surface area contributed by atoms with Crippen LogP contribution in [0.5, 0.6) is 5.75 Å². The summed E-state index contributed by atoms with van der Waals surface area (Å²) < 4.78 is 17.2. The molecule has 29 heavy (non-hydrogen) atoms. The topological polar surface area (TPSA) is 123 Å². The number of pyridine rings is 2. The second kappa shape index (κ2) is 8.21. The average molecular weight is 400 g/mol. The van der Waals surface area contributed by atoms with Crippen molar-refractivity contribution in [2.24, 2.45) is 10.7 Å². The van der Waals surface area contributed by atoms with E-state index in [1.807, 2.05) is 0 Å². The smallest absolute Gasteiger partial charge is 0.274 e. The summed E-state index contributed by atoms with van der Waals surface area (Å²) in [4.78, 5) is 38.6. The number of hydrogen-bond acceptors (Lipinski definition) is 7. The lowest BCUT2D eigenvalue weighted by Gasteiger charge is -2.32. The van der Waals surface area contributed by atoms with E-state index in [9.17, 15) is 14.0 Å². The largest absolute Gasteiger partial charge is 0.489 e. The minimum absolute atomic E-state index is 0.0723. The molecule has 3 heterocycles. The number of carbonyl (C=O) groups excluding carboxylic acids is 2. The maximum absolute atomic E-state index is 12.5. The van der Waals surface area contributed by atoms with Crippen LogP contribution in [0.4, 0.5) is 10.1 Å².